The molecule has 5 rings (SSSR count). The van der Waals surface area contributed by atoms with E-state index in [2.05, 4.69) is 5.27 Å². The number of aromatic nitrogens is 2. The van der Waals surface area contributed by atoms with Gasteiger partial charge < -0.3 is 9.63 Å². The van der Waals surface area contributed by atoms with Crippen molar-refractivity contribution in [1.29, 1.82) is 0 Å². The van der Waals surface area contributed by atoms with Crippen LogP contribution in [0.1, 0.15) is 25.0 Å². The molecular weight excluding hydrogens is 420 g/mol. The van der Waals surface area contributed by atoms with Gasteiger partial charge in [0, 0.05) is 23.2 Å². The van der Waals surface area contributed by atoms with E-state index in [0.717, 1.165) is 12.8 Å². The molecule has 158 valence electrons. The lowest BCUT2D eigenvalue weighted by Gasteiger charge is -2.25. The monoisotopic (exact) mass is 438 g/mol. The minimum atomic E-state index is -0.644. The van der Waals surface area contributed by atoms with Crippen molar-refractivity contribution in [3.8, 4) is 11.6 Å². The van der Waals surface area contributed by atoms with Gasteiger partial charge in [0.2, 0.25) is 11.6 Å². The topological polar surface area (TPSA) is 93.6 Å². The third-order valence-corrected chi connectivity index (χ3v) is 5.91. The van der Waals surface area contributed by atoms with E-state index in [0.29, 0.717) is 22.1 Å². The molecule has 1 unspecified atom stereocenters. The SMILES string of the molecule is O=C1CC(N(Cc2c([O-])on[n+]2-c2ccccc2)C2CC2)C(=O)N1c1ccc(Cl)cc1. The number of amides is 2. The second-order valence-corrected chi connectivity index (χ2v) is 8.16. The summed E-state index contributed by atoms with van der Waals surface area (Å²) in [4.78, 5) is 29.1. The molecule has 0 N–H and O–H groups in total. The van der Waals surface area contributed by atoms with Gasteiger partial charge in [-0.15, -0.1) is 0 Å². The Kier molecular flexibility index (Phi) is 4.95. The van der Waals surface area contributed by atoms with Crippen LogP contribution < -0.4 is 14.7 Å². The van der Waals surface area contributed by atoms with Gasteiger partial charge in [0.15, 0.2) is 5.95 Å². The predicted octanol–water partition coefficient (Wildman–Crippen LogP) is 1.97. The summed E-state index contributed by atoms with van der Waals surface area (Å²) in [5.74, 6) is -1.12. The van der Waals surface area contributed by atoms with E-state index in [1.165, 1.54) is 9.58 Å². The number of hydrogen-bond acceptors (Lipinski definition) is 6. The maximum atomic E-state index is 13.2. The number of anilines is 1. The Balaban J connectivity index is 1.44. The van der Waals surface area contributed by atoms with Crippen LogP contribution in [-0.2, 0) is 16.1 Å². The highest BCUT2D eigenvalue weighted by Crippen LogP contribution is 2.35. The van der Waals surface area contributed by atoms with E-state index in [1.54, 1.807) is 24.3 Å². The zero-order valence-electron chi connectivity index (χ0n) is 16.5. The molecule has 2 aliphatic rings. The second-order valence-electron chi connectivity index (χ2n) is 7.72. The quantitative estimate of drug-likeness (QED) is 0.431. The van der Waals surface area contributed by atoms with Gasteiger partial charge in [0.05, 0.1) is 30.0 Å². The number of para-hydroxylation sites is 1. The Morgan fingerprint density at radius 2 is 1.84 bits per heavy atom. The van der Waals surface area contributed by atoms with Crippen molar-refractivity contribution in [2.24, 2.45) is 0 Å². The lowest BCUT2D eigenvalue weighted by molar-refractivity contribution is -0.678. The molecule has 31 heavy (non-hydrogen) atoms. The number of benzene rings is 2. The molecule has 2 fully saturated rings. The highest BCUT2D eigenvalue weighted by atomic mass is 35.5. The van der Waals surface area contributed by atoms with Crippen LogP contribution in [0.3, 0.4) is 0 Å². The van der Waals surface area contributed by atoms with Crippen LogP contribution in [0, 0.1) is 0 Å². The number of nitrogens with zero attached hydrogens (tertiary/aromatic N) is 4. The Morgan fingerprint density at radius 3 is 2.52 bits per heavy atom. The van der Waals surface area contributed by atoms with Gasteiger partial charge in [-0.05, 0) is 41.8 Å². The minimum Gasteiger partial charge on any atom is -0.539 e. The van der Waals surface area contributed by atoms with Gasteiger partial charge >= 0.3 is 0 Å². The van der Waals surface area contributed by atoms with Gasteiger partial charge in [-0.2, -0.15) is 0 Å². The summed E-state index contributed by atoms with van der Waals surface area (Å²) < 4.78 is 6.37. The van der Waals surface area contributed by atoms with Crippen LogP contribution >= 0.6 is 11.6 Å². The van der Waals surface area contributed by atoms with Crippen LogP contribution in [-0.4, -0.2) is 34.1 Å². The Morgan fingerprint density at radius 1 is 1.13 bits per heavy atom. The van der Waals surface area contributed by atoms with Gasteiger partial charge in [0.1, 0.15) is 0 Å². The average Bonchev–Trinajstić information content (AvgIpc) is 3.49. The first-order valence-corrected chi connectivity index (χ1v) is 10.4. The first kappa shape index (κ1) is 19.7. The summed E-state index contributed by atoms with van der Waals surface area (Å²) in [6, 6.07) is 15.3. The lowest BCUT2D eigenvalue weighted by atomic mass is 10.2. The second kappa shape index (κ2) is 7.79. The summed E-state index contributed by atoms with van der Waals surface area (Å²) >= 11 is 5.94. The third-order valence-electron chi connectivity index (χ3n) is 5.65. The molecule has 2 heterocycles. The number of halogens is 1. The maximum absolute atomic E-state index is 13.2. The highest BCUT2D eigenvalue weighted by molar-refractivity contribution is 6.30. The lowest BCUT2D eigenvalue weighted by Crippen LogP contribution is -2.46. The van der Waals surface area contributed by atoms with E-state index in [1.807, 2.05) is 35.2 Å². The van der Waals surface area contributed by atoms with Crippen LogP contribution in [0.25, 0.3) is 5.69 Å². The molecule has 1 aliphatic heterocycles. The van der Waals surface area contributed by atoms with Crippen molar-refractivity contribution in [3.63, 3.8) is 0 Å². The van der Waals surface area contributed by atoms with Crippen LogP contribution in [0.15, 0.2) is 59.1 Å². The van der Waals surface area contributed by atoms with Crippen molar-refractivity contribution < 1.29 is 23.9 Å². The average molecular weight is 439 g/mol. The fourth-order valence-corrected chi connectivity index (χ4v) is 4.11. The normalized spacial score (nSPS) is 18.9. The molecule has 0 spiro atoms. The summed E-state index contributed by atoms with van der Waals surface area (Å²) in [7, 11) is 0. The van der Waals surface area contributed by atoms with Crippen molar-refractivity contribution in [2.75, 3.05) is 4.90 Å². The maximum Gasteiger partial charge on any atom is 0.254 e. The smallest absolute Gasteiger partial charge is 0.254 e. The van der Waals surface area contributed by atoms with E-state index >= 15 is 0 Å². The van der Waals surface area contributed by atoms with Gasteiger partial charge in [-0.3, -0.25) is 14.5 Å². The van der Waals surface area contributed by atoms with Crippen molar-refractivity contribution in [2.45, 2.75) is 37.9 Å². The summed E-state index contributed by atoms with van der Waals surface area (Å²) in [6.07, 6.45) is 1.87. The third kappa shape index (κ3) is 3.68. The molecular formula is C22H19ClN4O4. The number of hydrogen-bond donors (Lipinski definition) is 0. The number of rotatable bonds is 6. The fourth-order valence-electron chi connectivity index (χ4n) is 3.98. The van der Waals surface area contributed by atoms with Crippen molar-refractivity contribution >= 4 is 29.1 Å². The molecule has 0 radical (unpaired) electrons. The van der Waals surface area contributed by atoms with E-state index in [9.17, 15) is 14.7 Å². The zero-order chi connectivity index (χ0) is 21.5. The molecule has 1 aliphatic carbocycles. The number of imide groups is 1. The van der Waals surface area contributed by atoms with Crippen LogP contribution in [0.5, 0.6) is 5.95 Å². The van der Waals surface area contributed by atoms with Crippen LogP contribution in [0.2, 0.25) is 5.02 Å². The first-order chi connectivity index (χ1) is 15.0. The van der Waals surface area contributed by atoms with Crippen LogP contribution in [0.4, 0.5) is 5.69 Å². The van der Waals surface area contributed by atoms with Gasteiger partial charge in [-0.25, -0.2) is 4.90 Å². The molecule has 2 amide bonds. The largest absolute Gasteiger partial charge is 0.539 e. The number of carbonyl (C=O) groups is 2. The number of carbonyl (C=O) groups excluding carboxylic acids is 2. The molecule has 1 saturated carbocycles. The molecule has 1 aromatic heterocycles. The Labute approximate surface area is 183 Å². The summed E-state index contributed by atoms with van der Waals surface area (Å²) in [6.45, 7) is 0.167. The Bertz CT molecular complexity index is 1130. The van der Waals surface area contributed by atoms with Crippen molar-refractivity contribution in [3.05, 3.63) is 65.3 Å². The van der Waals surface area contributed by atoms with Gasteiger partial charge in [-0.1, -0.05) is 29.8 Å². The first-order valence-electron chi connectivity index (χ1n) is 10.0. The van der Waals surface area contributed by atoms with E-state index < -0.39 is 12.0 Å². The standard InChI is InChI=1S/C22H19ClN4O4/c23-14-6-8-16(9-7-14)26-20(28)12-18(21(26)29)25(15-10-11-15)13-19-22(30)31-24-27(19)17-4-2-1-3-5-17/h1-9,15,18H,10-13H2. The zero-order valence-corrected chi connectivity index (χ0v) is 17.2. The molecule has 8 nitrogen and oxygen atoms in total. The fraction of sp³-hybridized carbons (Fsp3) is 0.273. The van der Waals surface area contributed by atoms with E-state index in [4.69, 9.17) is 16.1 Å². The summed E-state index contributed by atoms with van der Waals surface area (Å²) in [5.41, 5.74) is 1.51. The molecule has 9 heteroatoms. The van der Waals surface area contributed by atoms with Crippen molar-refractivity contribution in [1.82, 2.24) is 10.2 Å². The highest BCUT2D eigenvalue weighted by Gasteiger charge is 2.48. The molecule has 3 aromatic rings. The molecule has 1 saturated heterocycles. The minimum absolute atomic E-state index is 0.0583. The Hall–Kier alpha value is -3.23. The van der Waals surface area contributed by atoms with Gasteiger partial charge in [0.25, 0.3) is 11.6 Å². The molecule has 0 bridgehead atoms. The molecule has 2 aromatic carbocycles. The molecule has 1 atom stereocenters. The predicted molar refractivity (Wildman–Crippen MR) is 108 cm³/mol. The van der Waals surface area contributed by atoms with E-state index in [-0.39, 0.29) is 30.8 Å². The summed E-state index contributed by atoms with van der Waals surface area (Å²) in [5, 5.41) is 16.8.